The fourth-order valence-electron chi connectivity index (χ4n) is 2.58. The van der Waals surface area contributed by atoms with Crippen molar-refractivity contribution in [1.29, 1.82) is 0 Å². The zero-order chi connectivity index (χ0) is 16.5. The van der Waals surface area contributed by atoms with E-state index in [1.807, 2.05) is 24.3 Å². The van der Waals surface area contributed by atoms with Crippen LogP contribution in [0, 0.1) is 0 Å². The van der Waals surface area contributed by atoms with Crippen LogP contribution in [0.3, 0.4) is 0 Å². The molecule has 0 fully saturated rings. The lowest BCUT2D eigenvalue weighted by molar-refractivity contribution is 0.178. The third-order valence-electron chi connectivity index (χ3n) is 3.68. The predicted molar refractivity (Wildman–Crippen MR) is 86.6 cm³/mol. The molecule has 0 aliphatic carbocycles. The Morgan fingerprint density at radius 2 is 2.12 bits per heavy atom. The van der Waals surface area contributed by atoms with Crippen LogP contribution in [0.5, 0.6) is 0 Å². The number of nitrogens with zero attached hydrogens (tertiary/aromatic N) is 6. The highest BCUT2D eigenvalue weighted by atomic mass is 16.5. The zero-order valence-electron chi connectivity index (χ0n) is 13.0. The van der Waals surface area contributed by atoms with Crippen molar-refractivity contribution < 1.29 is 4.74 Å². The number of hydrogen-bond acceptors (Lipinski definition) is 6. The van der Waals surface area contributed by atoms with Gasteiger partial charge in [-0.2, -0.15) is 9.50 Å². The summed E-state index contributed by atoms with van der Waals surface area (Å²) in [4.78, 5) is 25.5. The number of hydrogen-bond donors (Lipinski definition) is 0. The van der Waals surface area contributed by atoms with Crippen LogP contribution in [0.15, 0.2) is 47.7 Å². The molecule has 0 saturated carbocycles. The molecule has 120 valence electrons. The van der Waals surface area contributed by atoms with Gasteiger partial charge in [0.05, 0.1) is 23.1 Å². The average molecular weight is 322 g/mol. The fourth-order valence-corrected chi connectivity index (χ4v) is 2.58. The Hall–Kier alpha value is -3.13. The SMILES string of the molecule is COCc1nc2ncc3c(=O)n(Cc4ccccn4)ccc3n2n1. The Bertz CT molecular complexity index is 1070. The molecule has 0 aliphatic rings. The van der Waals surface area contributed by atoms with Crippen molar-refractivity contribution in [3.05, 3.63) is 64.7 Å². The molecule has 0 N–H and O–H groups in total. The van der Waals surface area contributed by atoms with Crippen molar-refractivity contribution in [2.75, 3.05) is 7.11 Å². The minimum absolute atomic E-state index is 0.142. The Morgan fingerprint density at radius 1 is 1.21 bits per heavy atom. The van der Waals surface area contributed by atoms with Gasteiger partial charge in [-0.05, 0) is 18.2 Å². The van der Waals surface area contributed by atoms with Crippen LogP contribution in [0.1, 0.15) is 11.5 Å². The van der Waals surface area contributed by atoms with Crippen LogP contribution in [0.25, 0.3) is 16.7 Å². The molecule has 0 aromatic carbocycles. The van der Waals surface area contributed by atoms with Gasteiger partial charge in [0.25, 0.3) is 11.3 Å². The second-order valence-electron chi connectivity index (χ2n) is 5.30. The van der Waals surface area contributed by atoms with Crippen molar-refractivity contribution in [1.82, 2.24) is 29.1 Å². The molecule has 0 bridgehead atoms. The van der Waals surface area contributed by atoms with Gasteiger partial charge < -0.3 is 9.30 Å². The standard InChI is InChI=1S/C16H14N6O2/c1-24-10-14-19-16-18-8-12-13(22(16)20-14)5-7-21(15(12)23)9-11-4-2-3-6-17-11/h2-8H,9-10H2,1H3. The highest BCUT2D eigenvalue weighted by molar-refractivity contribution is 5.78. The first-order valence-corrected chi connectivity index (χ1v) is 7.39. The molecule has 4 aromatic heterocycles. The Morgan fingerprint density at radius 3 is 2.92 bits per heavy atom. The van der Waals surface area contributed by atoms with E-state index >= 15 is 0 Å². The molecule has 0 spiro atoms. The molecule has 4 heterocycles. The third-order valence-corrected chi connectivity index (χ3v) is 3.68. The second kappa shape index (κ2) is 5.82. The van der Waals surface area contributed by atoms with Gasteiger partial charge in [0, 0.05) is 25.7 Å². The van der Waals surface area contributed by atoms with Crippen LogP contribution >= 0.6 is 0 Å². The molecule has 0 aliphatic heterocycles. The first-order chi connectivity index (χ1) is 11.8. The minimum Gasteiger partial charge on any atom is -0.377 e. The molecule has 4 rings (SSSR count). The van der Waals surface area contributed by atoms with E-state index in [0.29, 0.717) is 35.7 Å². The lowest BCUT2D eigenvalue weighted by Gasteiger charge is -2.07. The number of methoxy groups -OCH3 is 1. The van der Waals surface area contributed by atoms with Crippen LogP contribution < -0.4 is 5.56 Å². The lowest BCUT2D eigenvalue weighted by Crippen LogP contribution is -2.21. The highest BCUT2D eigenvalue weighted by Crippen LogP contribution is 2.11. The van der Waals surface area contributed by atoms with Crippen molar-refractivity contribution in [3.63, 3.8) is 0 Å². The molecule has 0 unspecified atom stereocenters. The third kappa shape index (κ3) is 2.42. The monoisotopic (exact) mass is 322 g/mol. The van der Waals surface area contributed by atoms with Gasteiger partial charge in [0.15, 0.2) is 5.82 Å². The molecule has 4 aromatic rings. The number of ether oxygens (including phenoxy) is 1. The summed E-state index contributed by atoms with van der Waals surface area (Å²) < 4.78 is 8.21. The van der Waals surface area contributed by atoms with Gasteiger partial charge >= 0.3 is 0 Å². The average Bonchev–Trinajstić information content (AvgIpc) is 3.01. The maximum atomic E-state index is 12.7. The largest absolute Gasteiger partial charge is 0.377 e. The second-order valence-corrected chi connectivity index (χ2v) is 5.30. The van der Waals surface area contributed by atoms with Crippen LogP contribution in [0.2, 0.25) is 0 Å². The first-order valence-electron chi connectivity index (χ1n) is 7.39. The van der Waals surface area contributed by atoms with Gasteiger partial charge in [0.2, 0.25) is 0 Å². The van der Waals surface area contributed by atoms with E-state index in [-0.39, 0.29) is 5.56 Å². The number of pyridine rings is 2. The molecule has 0 atom stereocenters. The molecule has 0 radical (unpaired) electrons. The van der Waals surface area contributed by atoms with E-state index in [1.54, 1.807) is 28.6 Å². The molecule has 24 heavy (non-hydrogen) atoms. The smallest absolute Gasteiger partial charge is 0.261 e. The molecular weight excluding hydrogens is 308 g/mol. The summed E-state index contributed by atoms with van der Waals surface area (Å²) in [5, 5.41) is 4.82. The minimum atomic E-state index is -0.142. The van der Waals surface area contributed by atoms with Crippen LogP contribution in [0.4, 0.5) is 0 Å². The number of fused-ring (bicyclic) bond motifs is 3. The molecule has 0 amide bonds. The Labute approximate surface area is 136 Å². The summed E-state index contributed by atoms with van der Waals surface area (Å²) in [6.45, 7) is 0.696. The van der Waals surface area contributed by atoms with Gasteiger partial charge in [-0.15, -0.1) is 5.10 Å². The van der Waals surface area contributed by atoms with E-state index in [9.17, 15) is 4.79 Å². The fraction of sp³-hybridized carbons (Fsp3) is 0.188. The summed E-state index contributed by atoms with van der Waals surface area (Å²) in [5.41, 5.74) is 1.34. The van der Waals surface area contributed by atoms with Gasteiger partial charge in [-0.25, -0.2) is 4.98 Å². The molecule has 8 nitrogen and oxygen atoms in total. The maximum Gasteiger partial charge on any atom is 0.261 e. The summed E-state index contributed by atoms with van der Waals surface area (Å²) in [7, 11) is 1.58. The summed E-state index contributed by atoms with van der Waals surface area (Å²) in [6, 6.07) is 7.45. The van der Waals surface area contributed by atoms with Gasteiger partial charge in [-0.1, -0.05) is 6.07 Å². The summed E-state index contributed by atoms with van der Waals surface area (Å²) >= 11 is 0. The van der Waals surface area contributed by atoms with E-state index in [2.05, 4.69) is 20.1 Å². The van der Waals surface area contributed by atoms with Crippen molar-refractivity contribution in [3.8, 4) is 0 Å². The van der Waals surface area contributed by atoms with Crippen molar-refractivity contribution in [2.24, 2.45) is 0 Å². The molecule has 8 heteroatoms. The quantitative estimate of drug-likeness (QED) is 0.558. The van der Waals surface area contributed by atoms with Crippen LogP contribution in [-0.4, -0.2) is 36.2 Å². The normalized spacial score (nSPS) is 11.4. The predicted octanol–water partition coefficient (Wildman–Crippen LogP) is 1.03. The molecule has 0 saturated heterocycles. The first kappa shape index (κ1) is 14.5. The Kier molecular flexibility index (Phi) is 3.51. The number of aromatic nitrogens is 6. The summed E-state index contributed by atoms with van der Waals surface area (Å²) in [5.74, 6) is 0.964. The van der Waals surface area contributed by atoms with E-state index in [4.69, 9.17) is 4.74 Å². The zero-order valence-corrected chi connectivity index (χ0v) is 13.0. The topological polar surface area (TPSA) is 87.2 Å². The van der Waals surface area contributed by atoms with E-state index < -0.39 is 0 Å². The van der Waals surface area contributed by atoms with Gasteiger partial charge in [0.1, 0.15) is 6.61 Å². The Balaban J connectivity index is 1.84. The van der Waals surface area contributed by atoms with E-state index in [0.717, 1.165) is 5.69 Å². The number of rotatable bonds is 4. The van der Waals surface area contributed by atoms with Gasteiger partial charge in [-0.3, -0.25) is 9.78 Å². The maximum absolute atomic E-state index is 12.7. The van der Waals surface area contributed by atoms with E-state index in [1.165, 1.54) is 6.20 Å². The highest BCUT2D eigenvalue weighted by Gasteiger charge is 2.11. The summed E-state index contributed by atoms with van der Waals surface area (Å²) in [6.07, 6.45) is 4.98. The van der Waals surface area contributed by atoms with Crippen molar-refractivity contribution >= 4 is 16.7 Å². The van der Waals surface area contributed by atoms with Crippen molar-refractivity contribution in [2.45, 2.75) is 13.2 Å². The lowest BCUT2D eigenvalue weighted by atomic mass is 10.3. The molecular formula is C16H14N6O2. The van der Waals surface area contributed by atoms with Crippen LogP contribution in [-0.2, 0) is 17.9 Å².